The molecule has 1 atom stereocenters. The molecule has 3 aromatic rings. The van der Waals surface area contributed by atoms with Crippen LogP contribution >= 0.6 is 0 Å². The summed E-state index contributed by atoms with van der Waals surface area (Å²) in [6, 6.07) is 19.6. The predicted octanol–water partition coefficient (Wildman–Crippen LogP) is 2.31. The number of hydrogen-bond acceptors (Lipinski definition) is 4. The number of benzene rings is 2. The average Bonchev–Trinajstić information content (AvgIpc) is 3.29. The first-order chi connectivity index (χ1) is 14.2. The second-order valence-electron chi connectivity index (χ2n) is 6.63. The highest BCUT2D eigenvalue weighted by molar-refractivity contribution is 5.76. The Morgan fingerprint density at radius 3 is 2.52 bits per heavy atom. The van der Waals surface area contributed by atoms with E-state index in [-0.39, 0.29) is 11.9 Å². The van der Waals surface area contributed by atoms with E-state index < -0.39 is 0 Å². The van der Waals surface area contributed by atoms with Gasteiger partial charge in [0.05, 0.1) is 20.5 Å². The topological polar surface area (TPSA) is 77.3 Å². The lowest BCUT2D eigenvalue weighted by molar-refractivity contribution is -0.678. The summed E-state index contributed by atoms with van der Waals surface area (Å²) in [5.41, 5.74) is 2.17. The van der Waals surface area contributed by atoms with Gasteiger partial charge >= 0.3 is 0 Å². The van der Waals surface area contributed by atoms with Crippen LogP contribution in [0.3, 0.4) is 0 Å². The van der Waals surface area contributed by atoms with Crippen molar-refractivity contribution in [2.24, 2.45) is 0 Å². The number of ether oxygens (including phenoxy) is 2. The van der Waals surface area contributed by atoms with E-state index in [0.29, 0.717) is 31.0 Å². The molecule has 0 aliphatic heterocycles. The largest absolute Gasteiger partial charge is 0.493 e. The molecule has 0 aliphatic rings. The molecule has 0 saturated carbocycles. The van der Waals surface area contributed by atoms with E-state index in [1.54, 1.807) is 20.5 Å². The Labute approximate surface area is 170 Å². The van der Waals surface area contributed by atoms with Gasteiger partial charge in [0.25, 0.3) is 5.91 Å². The normalized spacial score (nSPS) is 11.7. The number of methoxy groups -OCH3 is 2. The monoisotopic (exact) mass is 395 g/mol. The molecule has 1 heterocycles. The Hall–Kier alpha value is -3.25. The van der Waals surface area contributed by atoms with Gasteiger partial charge in [-0.3, -0.25) is 4.79 Å². The van der Waals surface area contributed by atoms with Gasteiger partial charge in [-0.2, -0.15) is 0 Å². The zero-order chi connectivity index (χ0) is 20.5. The van der Waals surface area contributed by atoms with Gasteiger partial charge in [0.15, 0.2) is 29.8 Å². The van der Waals surface area contributed by atoms with Crippen LogP contribution in [0, 0.1) is 0 Å². The van der Waals surface area contributed by atoms with Gasteiger partial charge in [0, 0.05) is 12.1 Å². The van der Waals surface area contributed by atoms with Crippen LogP contribution in [0.1, 0.15) is 22.9 Å². The molecule has 0 bridgehead atoms. The minimum Gasteiger partial charge on any atom is -0.493 e. The first kappa shape index (κ1) is 20.5. The Kier molecular flexibility index (Phi) is 7.30. The lowest BCUT2D eigenvalue weighted by Crippen LogP contribution is -2.87. The summed E-state index contributed by atoms with van der Waals surface area (Å²) < 4.78 is 16.1. The van der Waals surface area contributed by atoms with Gasteiger partial charge in [-0.25, -0.2) is 0 Å². The van der Waals surface area contributed by atoms with E-state index in [9.17, 15) is 4.79 Å². The molecule has 2 aromatic carbocycles. The summed E-state index contributed by atoms with van der Waals surface area (Å²) in [4.78, 5) is 12.3. The summed E-state index contributed by atoms with van der Waals surface area (Å²) in [6.45, 7) is 0.866. The second-order valence-corrected chi connectivity index (χ2v) is 6.63. The number of rotatable bonds is 10. The summed E-state index contributed by atoms with van der Waals surface area (Å²) >= 11 is 0. The molecule has 29 heavy (non-hydrogen) atoms. The Balaban J connectivity index is 1.51. The molecule has 0 aliphatic carbocycles. The fourth-order valence-corrected chi connectivity index (χ4v) is 3.22. The fraction of sp³-hybridized carbons (Fsp3) is 0.261. The van der Waals surface area contributed by atoms with Crippen molar-refractivity contribution in [2.75, 3.05) is 27.3 Å². The van der Waals surface area contributed by atoms with Gasteiger partial charge in [0.1, 0.15) is 0 Å². The van der Waals surface area contributed by atoms with Crippen molar-refractivity contribution in [1.29, 1.82) is 0 Å². The zero-order valence-corrected chi connectivity index (χ0v) is 16.8. The number of nitrogens with two attached hydrogens (primary N) is 1. The SMILES string of the molecule is COc1ccc(CCNC(=O)C[NH2+][C@H](c2ccccc2)c2ccco2)cc1OC. The van der Waals surface area contributed by atoms with Crippen LogP contribution in [-0.2, 0) is 11.2 Å². The van der Waals surface area contributed by atoms with Crippen molar-refractivity contribution in [3.05, 3.63) is 83.8 Å². The molecule has 0 fully saturated rings. The molecule has 1 aromatic heterocycles. The third kappa shape index (κ3) is 5.62. The molecule has 152 valence electrons. The van der Waals surface area contributed by atoms with Crippen LogP contribution in [-0.4, -0.2) is 33.2 Å². The summed E-state index contributed by atoms with van der Waals surface area (Å²) in [5.74, 6) is 2.20. The van der Waals surface area contributed by atoms with Crippen molar-refractivity contribution >= 4 is 5.91 Å². The van der Waals surface area contributed by atoms with Crippen molar-refractivity contribution in [3.63, 3.8) is 0 Å². The van der Waals surface area contributed by atoms with Crippen molar-refractivity contribution in [3.8, 4) is 11.5 Å². The minimum atomic E-state index is -0.0530. The summed E-state index contributed by atoms with van der Waals surface area (Å²) in [5, 5.41) is 4.96. The van der Waals surface area contributed by atoms with Crippen LogP contribution in [0.4, 0.5) is 0 Å². The quantitative estimate of drug-likeness (QED) is 0.552. The number of carbonyl (C=O) groups excluding carboxylic acids is 1. The molecule has 3 N–H and O–H groups in total. The van der Waals surface area contributed by atoms with Crippen molar-refractivity contribution in [2.45, 2.75) is 12.5 Å². The van der Waals surface area contributed by atoms with Gasteiger partial charge in [0.2, 0.25) is 0 Å². The third-order valence-corrected chi connectivity index (χ3v) is 4.73. The molecular weight excluding hydrogens is 368 g/mol. The number of carbonyl (C=O) groups is 1. The van der Waals surface area contributed by atoms with Crippen LogP contribution in [0.2, 0.25) is 0 Å². The van der Waals surface area contributed by atoms with E-state index in [1.807, 2.05) is 66.0 Å². The number of hydrogen-bond donors (Lipinski definition) is 2. The number of quaternary nitrogens is 1. The maximum Gasteiger partial charge on any atom is 0.275 e. The Bertz CT molecular complexity index is 895. The van der Waals surface area contributed by atoms with Crippen LogP contribution in [0.25, 0.3) is 0 Å². The van der Waals surface area contributed by atoms with Crippen LogP contribution in [0.5, 0.6) is 11.5 Å². The second kappa shape index (κ2) is 10.3. The molecular formula is C23H27N2O4+. The van der Waals surface area contributed by atoms with E-state index in [0.717, 1.165) is 16.9 Å². The molecule has 1 amide bonds. The number of nitrogens with one attached hydrogen (secondary N) is 1. The predicted molar refractivity (Wildman–Crippen MR) is 110 cm³/mol. The van der Waals surface area contributed by atoms with Gasteiger partial charge in [-0.15, -0.1) is 0 Å². The van der Waals surface area contributed by atoms with E-state index in [2.05, 4.69) is 5.32 Å². The fourth-order valence-electron chi connectivity index (χ4n) is 3.22. The molecule has 3 rings (SSSR count). The van der Waals surface area contributed by atoms with E-state index >= 15 is 0 Å². The molecule has 0 unspecified atom stereocenters. The molecule has 0 radical (unpaired) electrons. The van der Waals surface area contributed by atoms with Crippen molar-refractivity contribution < 1.29 is 24.0 Å². The summed E-state index contributed by atoms with van der Waals surface area (Å²) in [6.07, 6.45) is 2.37. The average molecular weight is 395 g/mol. The van der Waals surface area contributed by atoms with E-state index in [4.69, 9.17) is 13.9 Å². The smallest absolute Gasteiger partial charge is 0.275 e. The van der Waals surface area contributed by atoms with Crippen LogP contribution in [0.15, 0.2) is 71.3 Å². The lowest BCUT2D eigenvalue weighted by atomic mass is 10.0. The van der Waals surface area contributed by atoms with Crippen LogP contribution < -0.4 is 20.1 Å². The van der Waals surface area contributed by atoms with Gasteiger partial charge in [-0.1, -0.05) is 36.4 Å². The Morgan fingerprint density at radius 2 is 1.83 bits per heavy atom. The molecule has 6 heteroatoms. The standard InChI is InChI=1S/C23H26N2O4/c1-27-19-11-10-17(15-21(19)28-2)12-13-24-22(26)16-25-23(20-9-6-14-29-20)18-7-4-3-5-8-18/h3-11,14-15,23,25H,12-13,16H2,1-2H3,(H,24,26)/p+1/t23-/m1/s1. The first-order valence-electron chi connectivity index (χ1n) is 9.60. The Morgan fingerprint density at radius 1 is 1.03 bits per heavy atom. The van der Waals surface area contributed by atoms with Gasteiger partial charge in [-0.05, 0) is 36.2 Å². The maximum atomic E-state index is 12.3. The lowest BCUT2D eigenvalue weighted by Gasteiger charge is -2.14. The number of amides is 1. The third-order valence-electron chi connectivity index (χ3n) is 4.73. The molecule has 0 spiro atoms. The molecule has 6 nitrogen and oxygen atoms in total. The minimum absolute atomic E-state index is 0.0158. The zero-order valence-electron chi connectivity index (χ0n) is 16.8. The number of furan rings is 1. The highest BCUT2D eigenvalue weighted by Gasteiger charge is 2.21. The molecule has 0 saturated heterocycles. The van der Waals surface area contributed by atoms with E-state index in [1.165, 1.54) is 0 Å². The first-order valence-corrected chi connectivity index (χ1v) is 9.60. The van der Waals surface area contributed by atoms with Crippen molar-refractivity contribution in [1.82, 2.24) is 5.32 Å². The maximum absolute atomic E-state index is 12.3. The van der Waals surface area contributed by atoms with Gasteiger partial charge < -0.3 is 24.5 Å². The highest BCUT2D eigenvalue weighted by Crippen LogP contribution is 2.27. The highest BCUT2D eigenvalue weighted by atomic mass is 16.5. The summed E-state index contributed by atoms with van der Waals surface area (Å²) in [7, 11) is 3.22.